The second-order valence-electron chi connectivity index (χ2n) is 6.05. The third-order valence-electron chi connectivity index (χ3n) is 3.86. The monoisotopic (exact) mass is 319 g/mol. The van der Waals surface area contributed by atoms with Crippen molar-refractivity contribution in [2.75, 3.05) is 0 Å². The SMILES string of the molecule is CC(C)CC[C@@H](O)[C@@H](N)c1ccc(-c2ccccc2)cc1.Cl. The second-order valence-corrected chi connectivity index (χ2v) is 6.05. The van der Waals surface area contributed by atoms with Crippen LogP contribution in [0.2, 0.25) is 0 Å². The van der Waals surface area contributed by atoms with Crippen LogP contribution in [0.3, 0.4) is 0 Å². The van der Waals surface area contributed by atoms with E-state index in [-0.39, 0.29) is 18.4 Å². The summed E-state index contributed by atoms with van der Waals surface area (Å²) in [6.07, 6.45) is 1.27. The number of hydrogen-bond acceptors (Lipinski definition) is 2. The minimum Gasteiger partial charge on any atom is -0.391 e. The lowest BCUT2D eigenvalue weighted by molar-refractivity contribution is 0.128. The predicted octanol–water partition coefficient (Wildman–Crippen LogP) is 4.57. The van der Waals surface area contributed by atoms with Crippen LogP contribution in [0.5, 0.6) is 0 Å². The summed E-state index contributed by atoms with van der Waals surface area (Å²) in [6, 6.07) is 18.1. The number of hydrogen-bond donors (Lipinski definition) is 2. The molecule has 22 heavy (non-hydrogen) atoms. The smallest absolute Gasteiger partial charge is 0.0732 e. The summed E-state index contributed by atoms with van der Waals surface area (Å²) in [7, 11) is 0. The van der Waals surface area contributed by atoms with E-state index in [9.17, 15) is 5.11 Å². The van der Waals surface area contributed by atoms with Crippen molar-refractivity contribution in [1.82, 2.24) is 0 Å². The highest BCUT2D eigenvalue weighted by molar-refractivity contribution is 5.85. The van der Waals surface area contributed by atoms with Gasteiger partial charge in [-0.2, -0.15) is 0 Å². The van der Waals surface area contributed by atoms with Gasteiger partial charge in [0.2, 0.25) is 0 Å². The van der Waals surface area contributed by atoms with Crippen molar-refractivity contribution in [2.45, 2.75) is 38.8 Å². The summed E-state index contributed by atoms with van der Waals surface area (Å²) in [5, 5.41) is 10.2. The van der Waals surface area contributed by atoms with Crippen LogP contribution >= 0.6 is 12.4 Å². The molecule has 2 nitrogen and oxygen atoms in total. The Morgan fingerprint density at radius 3 is 1.95 bits per heavy atom. The molecule has 0 radical (unpaired) electrons. The average molecular weight is 320 g/mol. The molecule has 0 aliphatic rings. The molecule has 2 aromatic carbocycles. The zero-order valence-corrected chi connectivity index (χ0v) is 14.1. The van der Waals surface area contributed by atoms with Gasteiger partial charge < -0.3 is 10.8 Å². The van der Waals surface area contributed by atoms with Crippen LogP contribution in [0.1, 0.15) is 38.3 Å². The van der Waals surface area contributed by atoms with Gasteiger partial charge in [-0.05, 0) is 35.4 Å². The van der Waals surface area contributed by atoms with Crippen molar-refractivity contribution < 1.29 is 5.11 Å². The zero-order chi connectivity index (χ0) is 15.2. The Hall–Kier alpha value is -1.35. The molecule has 0 aliphatic heterocycles. The fourth-order valence-corrected chi connectivity index (χ4v) is 2.43. The van der Waals surface area contributed by atoms with Crippen LogP contribution in [0.15, 0.2) is 54.6 Å². The minimum absolute atomic E-state index is 0. The van der Waals surface area contributed by atoms with Gasteiger partial charge in [-0.25, -0.2) is 0 Å². The number of halogens is 1. The van der Waals surface area contributed by atoms with Gasteiger partial charge in [0, 0.05) is 0 Å². The third kappa shape index (κ3) is 5.13. The molecule has 3 heteroatoms. The maximum atomic E-state index is 10.2. The number of aliphatic hydroxyl groups is 1. The Balaban J connectivity index is 0.00000242. The minimum atomic E-state index is -0.477. The average Bonchev–Trinajstić information content (AvgIpc) is 2.53. The maximum absolute atomic E-state index is 10.2. The molecule has 0 saturated carbocycles. The van der Waals surface area contributed by atoms with E-state index in [2.05, 4.69) is 38.1 Å². The molecule has 0 saturated heterocycles. The first-order valence-corrected chi connectivity index (χ1v) is 7.67. The van der Waals surface area contributed by atoms with Crippen molar-refractivity contribution >= 4 is 12.4 Å². The topological polar surface area (TPSA) is 46.2 Å². The quantitative estimate of drug-likeness (QED) is 0.819. The lowest BCUT2D eigenvalue weighted by Gasteiger charge is -2.20. The van der Waals surface area contributed by atoms with E-state index in [0.717, 1.165) is 18.4 Å². The normalized spacial score (nSPS) is 13.5. The molecular formula is C19H26ClNO. The van der Waals surface area contributed by atoms with Gasteiger partial charge in [0.15, 0.2) is 0 Å². The van der Waals surface area contributed by atoms with E-state index in [1.807, 2.05) is 30.3 Å². The molecule has 0 heterocycles. The van der Waals surface area contributed by atoms with Gasteiger partial charge in [0.05, 0.1) is 12.1 Å². The molecule has 3 N–H and O–H groups in total. The molecule has 2 rings (SSSR count). The Kier molecular flexibility index (Phi) is 7.60. The van der Waals surface area contributed by atoms with Crippen LogP contribution in [-0.2, 0) is 0 Å². The van der Waals surface area contributed by atoms with Crippen LogP contribution in [-0.4, -0.2) is 11.2 Å². The van der Waals surface area contributed by atoms with Crippen molar-refractivity contribution in [1.29, 1.82) is 0 Å². The molecular weight excluding hydrogens is 294 g/mol. The van der Waals surface area contributed by atoms with E-state index in [4.69, 9.17) is 5.73 Å². The van der Waals surface area contributed by atoms with E-state index in [0.29, 0.717) is 5.92 Å². The van der Waals surface area contributed by atoms with Gasteiger partial charge in [-0.1, -0.05) is 68.4 Å². The van der Waals surface area contributed by atoms with Gasteiger partial charge in [-0.3, -0.25) is 0 Å². The molecule has 0 aliphatic carbocycles. The first-order chi connectivity index (χ1) is 10.1. The van der Waals surface area contributed by atoms with Gasteiger partial charge in [0.1, 0.15) is 0 Å². The molecule has 0 bridgehead atoms. The number of nitrogens with two attached hydrogens (primary N) is 1. The third-order valence-corrected chi connectivity index (χ3v) is 3.86. The molecule has 0 aromatic heterocycles. The first kappa shape index (κ1) is 18.7. The Morgan fingerprint density at radius 1 is 0.864 bits per heavy atom. The standard InChI is InChI=1S/C19H25NO.ClH/c1-14(2)8-13-18(21)19(20)17-11-9-16(10-12-17)15-6-4-3-5-7-15;/h3-7,9-12,14,18-19,21H,8,13,20H2,1-2H3;1H/t18-,19+;/m1./s1. The highest BCUT2D eigenvalue weighted by Crippen LogP contribution is 2.24. The highest BCUT2D eigenvalue weighted by atomic mass is 35.5. The number of benzene rings is 2. The van der Waals surface area contributed by atoms with E-state index < -0.39 is 6.10 Å². The molecule has 120 valence electrons. The molecule has 0 spiro atoms. The summed E-state index contributed by atoms with van der Waals surface area (Å²) in [5.74, 6) is 0.590. The fraction of sp³-hybridized carbons (Fsp3) is 0.368. The van der Waals surface area contributed by atoms with E-state index in [1.54, 1.807) is 0 Å². The zero-order valence-electron chi connectivity index (χ0n) is 13.3. The largest absolute Gasteiger partial charge is 0.391 e. The molecule has 0 fully saturated rings. The van der Waals surface area contributed by atoms with Crippen LogP contribution in [0.25, 0.3) is 11.1 Å². The summed E-state index contributed by atoms with van der Waals surface area (Å²) >= 11 is 0. The first-order valence-electron chi connectivity index (χ1n) is 7.67. The van der Waals surface area contributed by atoms with Crippen LogP contribution in [0.4, 0.5) is 0 Å². The van der Waals surface area contributed by atoms with E-state index in [1.165, 1.54) is 11.1 Å². The lowest BCUT2D eigenvalue weighted by atomic mass is 9.94. The Labute approximate surface area is 139 Å². The molecule has 2 atom stereocenters. The number of aliphatic hydroxyl groups excluding tert-OH is 1. The fourth-order valence-electron chi connectivity index (χ4n) is 2.43. The van der Waals surface area contributed by atoms with Crippen molar-refractivity contribution in [2.24, 2.45) is 11.7 Å². The maximum Gasteiger partial charge on any atom is 0.0732 e. The summed E-state index contributed by atoms with van der Waals surface area (Å²) < 4.78 is 0. The number of rotatable bonds is 6. The predicted molar refractivity (Wildman–Crippen MR) is 96.1 cm³/mol. The van der Waals surface area contributed by atoms with Gasteiger partial charge in [-0.15, -0.1) is 12.4 Å². The van der Waals surface area contributed by atoms with Crippen LogP contribution in [0, 0.1) is 5.92 Å². The molecule has 2 aromatic rings. The van der Waals surface area contributed by atoms with Gasteiger partial charge >= 0.3 is 0 Å². The summed E-state index contributed by atoms with van der Waals surface area (Å²) in [6.45, 7) is 4.32. The lowest BCUT2D eigenvalue weighted by Crippen LogP contribution is -2.26. The van der Waals surface area contributed by atoms with Gasteiger partial charge in [0.25, 0.3) is 0 Å². The van der Waals surface area contributed by atoms with Crippen molar-refractivity contribution in [3.05, 3.63) is 60.2 Å². The highest BCUT2D eigenvalue weighted by Gasteiger charge is 2.17. The Morgan fingerprint density at radius 2 is 1.41 bits per heavy atom. The Bertz CT molecular complexity index is 539. The summed E-state index contributed by atoms with van der Waals surface area (Å²) in [4.78, 5) is 0. The second kappa shape index (κ2) is 8.94. The van der Waals surface area contributed by atoms with Crippen molar-refractivity contribution in [3.8, 4) is 11.1 Å². The van der Waals surface area contributed by atoms with Crippen molar-refractivity contribution in [3.63, 3.8) is 0 Å². The molecule has 0 unspecified atom stereocenters. The van der Waals surface area contributed by atoms with Crippen LogP contribution < -0.4 is 5.73 Å². The summed E-state index contributed by atoms with van der Waals surface area (Å²) in [5.41, 5.74) is 9.52. The molecule has 0 amide bonds. The van der Waals surface area contributed by atoms with E-state index >= 15 is 0 Å².